The molecule has 1 aromatic carbocycles. The normalized spacial score (nSPS) is 11.0. The summed E-state index contributed by atoms with van der Waals surface area (Å²) >= 11 is 1.68. The van der Waals surface area contributed by atoms with Crippen LogP contribution in [0.25, 0.3) is 10.2 Å². The van der Waals surface area contributed by atoms with Gasteiger partial charge in [-0.3, -0.25) is 0 Å². The lowest BCUT2D eigenvalue weighted by Gasteiger charge is -2.10. The first kappa shape index (κ1) is 12.2. The molecule has 0 saturated heterocycles. The van der Waals surface area contributed by atoms with Gasteiger partial charge in [0.25, 0.3) is 0 Å². The van der Waals surface area contributed by atoms with E-state index in [1.54, 1.807) is 11.3 Å². The molecule has 0 unspecified atom stereocenters. The number of nitrogens with one attached hydrogen (secondary N) is 1. The summed E-state index contributed by atoms with van der Waals surface area (Å²) in [5.74, 6) is 0. The molecule has 0 bridgehead atoms. The number of hydrogen-bond acceptors (Lipinski definition) is 3. The van der Waals surface area contributed by atoms with Crippen LogP contribution in [-0.2, 0) is 13.1 Å². The van der Waals surface area contributed by atoms with Gasteiger partial charge in [0.2, 0.25) is 0 Å². The largest absolute Gasteiger partial charge is 0.379 e. The minimum Gasteiger partial charge on any atom is -0.379 e. The van der Waals surface area contributed by atoms with Crippen molar-refractivity contribution in [3.63, 3.8) is 0 Å². The first-order valence-corrected chi connectivity index (χ1v) is 7.46. The molecule has 0 aliphatic rings. The maximum Gasteiger partial charge on any atom is 0.0813 e. The van der Waals surface area contributed by atoms with Crippen molar-refractivity contribution in [1.29, 1.82) is 0 Å². The Hall–Kier alpha value is -1.81. The SMILES string of the molecule is CCCn1cccc1CNc1ccc2ncsc2c1. The van der Waals surface area contributed by atoms with E-state index < -0.39 is 0 Å². The lowest BCUT2D eigenvalue weighted by atomic mass is 10.3. The lowest BCUT2D eigenvalue weighted by Crippen LogP contribution is -2.06. The highest BCUT2D eigenvalue weighted by molar-refractivity contribution is 7.16. The maximum atomic E-state index is 4.29. The second kappa shape index (κ2) is 5.45. The van der Waals surface area contributed by atoms with Crippen molar-refractivity contribution < 1.29 is 0 Å². The van der Waals surface area contributed by atoms with Gasteiger partial charge >= 0.3 is 0 Å². The van der Waals surface area contributed by atoms with E-state index in [0.717, 1.165) is 30.7 Å². The Morgan fingerprint density at radius 1 is 1.32 bits per heavy atom. The molecule has 2 aromatic heterocycles. The summed E-state index contributed by atoms with van der Waals surface area (Å²) in [5, 5.41) is 3.49. The molecular weight excluding hydrogens is 254 g/mol. The lowest BCUT2D eigenvalue weighted by molar-refractivity contribution is 0.654. The Morgan fingerprint density at radius 2 is 2.26 bits per heavy atom. The third kappa shape index (κ3) is 2.63. The monoisotopic (exact) mass is 271 g/mol. The standard InChI is InChI=1S/C15H17N3S/c1-2-7-18-8-3-4-13(18)10-16-12-5-6-14-15(9-12)19-11-17-14/h3-6,8-9,11,16H,2,7,10H2,1H3. The van der Waals surface area contributed by atoms with Crippen LogP contribution in [0.5, 0.6) is 0 Å². The van der Waals surface area contributed by atoms with Gasteiger partial charge in [0.15, 0.2) is 0 Å². The molecule has 0 radical (unpaired) electrons. The molecule has 0 saturated carbocycles. The fourth-order valence-corrected chi connectivity index (χ4v) is 2.94. The predicted molar refractivity (Wildman–Crippen MR) is 81.7 cm³/mol. The van der Waals surface area contributed by atoms with E-state index in [2.05, 4.69) is 58.3 Å². The molecule has 3 rings (SSSR count). The Bertz CT molecular complexity index is 669. The van der Waals surface area contributed by atoms with Gasteiger partial charge in [0.1, 0.15) is 0 Å². The molecule has 0 aliphatic carbocycles. The number of fused-ring (bicyclic) bond motifs is 1. The Balaban J connectivity index is 1.72. The van der Waals surface area contributed by atoms with Crippen LogP contribution in [0.3, 0.4) is 0 Å². The molecule has 0 aliphatic heterocycles. The number of benzene rings is 1. The van der Waals surface area contributed by atoms with Gasteiger partial charge in [-0.25, -0.2) is 4.98 Å². The van der Waals surface area contributed by atoms with E-state index >= 15 is 0 Å². The zero-order chi connectivity index (χ0) is 13.1. The molecule has 1 N–H and O–H groups in total. The number of aryl methyl sites for hydroxylation is 1. The zero-order valence-corrected chi connectivity index (χ0v) is 11.8. The highest BCUT2D eigenvalue weighted by Gasteiger charge is 2.02. The quantitative estimate of drug-likeness (QED) is 0.756. The van der Waals surface area contributed by atoms with Gasteiger partial charge in [0, 0.05) is 24.1 Å². The second-order valence-electron chi connectivity index (χ2n) is 4.58. The van der Waals surface area contributed by atoms with Crippen LogP contribution < -0.4 is 5.32 Å². The number of thiazole rings is 1. The van der Waals surface area contributed by atoms with Crippen molar-refractivity contribution in [3.8, 4) is 0 Å². The van der Waals surface area contributed by atoms with Gasteiger partial charge < -0.3 is 9.88 Å². The third-order valence-electron chi connectivity index (χ3n) is 3.19. The number of aromatic nitrogens is 2. The molecule has 0 fully saturated rings. The molecule has 98 valence electrons. The van der Waals surface area contributed by atoms with Crippen LogP contribution >= 0.6 is 11.3 Å². The summed E-state index contributed by atoms with van der Waals surface area (Å²) in [6.07, 6.45) is 3.31. The van der Waals surface area contributed by atoms with E-state index in [9.17, 15) is 0 Å². The fraction of sp³-hybridized carbons (Fsp3) is 0.267. The van der Waals surface area contributed by atoms with Gasteiger partial charge in [-0.1, -0.05) is 6.92 Å². The van der Waals surface area contributed by atoms with Crippen LogP contribution in [0.1, 0.15) is 19.0 Å². The van der Waals surface area contributed by atoms with Crippen LogP contribution in [0.2, 0.25) is 0 Å². The van der Waals surface area contributed by atoms with Gasteiger partial charge in [-0.05, 0) is 36.8 Å². The summed E-state index contributed by atoms with van der Waals surface area (Å²) in [4.78, 5) is 4.29. The first-order valence-electron chi connectivity index (χ1n) is 6.58. The van der Waals surface area contributed by atoms with Crippen molar-refractivity contribution in [3.05, 3.63) is 47.7 Å². The highest BCUT2D eigenvalue weighted by Crippen LogP contribution is 2.22. The first-order chi connectivity index (χ1) is 9.36. The fourth-order valence-electron chi connectivity index (χ4n) is 2.23. The average molecular weight is 271 g/mol. The van der Waals surface area contributed by atoms with Crippen molar-refractivity contribution in [2.45, 2.75) is 26.4 Å². The predicted octanol–water partition coefficient (Wildman–Crippen LogP) is 4.12. The van der Waals surface area contributed by atoms with E-state index in [-0.39, 0.29) is 0 Å². The van der Waals surface area contributed by atoms with Crippen LogP contribution in [0.4, 0.5) is 5.69 Å². The summed E-state index contributed by atoms with van der Waals surface area (Å²) < 4.78 is 3.53. The highest BCUT2D eigenvalue weighted by atomic mass is 32.1. The van der Waals surface area contributed by atoms with Crippen LogP contribution in [0.15, 0.2) is 42.0 Å². The molecule has 3 aromatic rings. The smallest absolute Gasteiger partial charge is 0.0813 e. The number of rotatable bonds is 5. The topological polar surface area (TPSA) is 29.9 Å². The van der Waals surface area contributed by atoms with E-state index in [1.165, 1.54) is 10.4 Å². The summed E-state index contributed by atoms with van der Waals surface area (Å²) in [6.45, 7) is 4.14. The molecule has 3 nitrogen and oxygen atoms in total. The number of anilines is 1. The summed E-state index contributed by atoms with van der Waals surface area (Å²) in [6, 6.07) is 10.6. The number of nitrogens with zero attached hydrogens (tertiary/aromatic N) is 2. The minimum atomic E-state index is 0.858. The average Bonchev–Trinajstić information content (AvgIpc) is 3.05. The Kier molecular flexibility index (Phi) is 3.51. The van der Waals surface area contributed by atoms with Crippen LogP contribution in [-0.4, -0.2) is 9.55 Å². The maximum absolute atomic E-state index is 4.29. The molecule has 0 atom stereocenters. The second-order valence-corrected chi connectivity index (χ2v) is 5.47. The van der Waals surface area contributed by atoms with Gasteiger partial charge in [0.05, 0.1) is 22.3 Å². The summed E-state index contributed by atoms with van der Waals surface area (Å²) in [5.41, 5.74) is 5.44. The molecule has 0 spiro atoms. The Morgan fingerprint density at radius 3 is 3.16 bits per heavy atom. The molecular formula is C15H17N3S. The minimum absolute atomic E-state index is 0.858. The molecule has 19 heavy (non-hydrogen) atoms. The number of hydrogen-bond donors (Lipinski definition) is 1. The summed E-state index contributed by atoms with van der Waals surface area (Å²) in [7, 11) is 0. The van der Waals surface area contributed by atoms with Crippen molar-refractivity contribution in [2.75, 3.05) is 5.32 Å². The van der Waals surface area contributed by atoms with E-state index in [1.807, 2.05) is 5.51 Å². The van der Waals surface area contributed by atoms with Crippen molar-refractivity contribution in [1.82, 2.24) is 9.55 Å². The molecule has 4 heteroatoms. The van der Waals surface area contributed by atoms with E-state index in [0.29, 0.717) is 0 Å². The van der Waals surface area contributed by atoms with Gasteiger partial charge in [-0.2, -0.15) is 0 Å². The van der Waals surface area contributed by atoms with E-state index in [4.69, 9.17) is 0 Å². The molecule has 2 heterocycles. The van der Waals surface area contributed by atoms with Gasteiger partial charge in [-0.15, -0.1) is 11.3 Å². The third-order valence-corrected chi connectivity index (χ3v) is 3.98. The van der Waals surface area contributed by atoms with Crippen molar-refractivity contribution >= 4 is 27.2 Å². The van der Waals surface area contributed by atoms with Crippen LogP contribution in [0, 0.1) is 0 Å². The molecule has 0 amide bonds. The van der Waals surface area contributed by atoms with Crippen molar-refractivity contribution in [2.24, 2.45) is 0 Å². The zero-order valence-electron chi connectivity index (χ0n) is 11.0. The Labute approximate surface area is 116 Å².